The molecule has 0 spiro atoms. The number of phenols is 1. The predicted octanol–water partition coefficient (Wildman–Crippen LogP) is 2.13. The standard InChI is InChI=1S/C15H15N3O2/c1-10(11-5-7-13(16)8-6-11)17-18-15(20)12-3-2-4-14(19)9-12/h2-9,19H,16H2,1H3,(H,18,20)/b17-10-. The Labute approximate surface area is 116 Å². The number of hydrogen-bond acceptors (Lipinski definition) is 4. The molecule has 0 aliphatic carbocycles. The van der Waals surface area contributed by atoms with Gasteiger partial charge in [-0.25, -0.2) is 5.43 Å². The zero-order valence-corrected chi connectivity index (χ0v) is 11.0. The number of carbonyl (C=O) groups is 1. The molecule has 0 bridgehead atoms. The SMILES string of the molecule is C/C(=N/NC(=O)c1cccc(O)c1)c1ccc(N)cc1. The highest BCUT2D eigenvalue weighted by Gasteiger charge is 2.05. The topological polar surface area (TPSA) is 87.7 Å². The zero-order chi connectivity index (χ0) is 14.5. The summed E-state index contributed by atoms with van der Waals surface area (Å²) >= 11 is 0. The summed E-state index contributed by atoms with van der Waals surface area (Å²) in [6, 6.07) is 13.3. The first-order valence-corrected chi connectivity index (χ1v) is 6.06. The fraction of sp³-hybridized carbons (Fsp3) is 0.0667. The Morgan fingerprint density at radius 3 is 2.50 bits per heavy atom. The van der Waals surface area contributed by atoms with Crippen LogP contribution in [0.2, 0.25) is 0 Å². The maximum atomic E-state index is 11.8. The van der Waals surface area contributed by atoms with E-state index in [2.05, 4.69) is 10.5 Å². The molecule has 0 aliphatic rings. The number of nitrogen functional groups attached to an aromatic ring is 1. The molecule has 0 fully saturated rings. The first-order valence-electron chi connectivity index (χ1n) is 6.06. The van der Waals surface area contributed by atoms with Gasteiger partial charge < -0.3 is 10.8 Å². The molecule has 102 valence electrons. The second-order valence-electron chi connectivity index (χ2n) is 4.31. The molecule has 0 saturated carbocycles. The number of nitrogens with zero attached hydrogens (tertiary/aromatic N) is 1. The summed E-state index contributed by atoms with van der Waals surface area (Å²) in [5.74, 6) is -0.340. The number of aromatic hydroxyl groups is 1. The monoisotopic (exact) mass is 269 g/mol. The van der Waals surface area contributed by atoms with Crippen LogP contribution in [0.4, 0.5) is 5.69 Å². The number of amides is 1. The van der Waals surface area contributed by atoms with Crippen molar-refractivity contribution in [2.45, 2.75) is 6.92 Å². The molecule has 0 radical (unpaired) electrons. The summed E-state index contributed by atoms with van der Waals surface area (Å²) < 4.78 is 0. The lowest BCUT2D eigenvalue weighted by Gasteiger charge is -2.04. The minimum absolute atomic E-state index is 0.0388. The molecule has 20 heavy (non-hydrogen) atoms. The average Bonchev–Trinajstić information content (AvgIpc) is 2.45. The molecule has 2 aromatic rings. The van der Waals surface area contributed by atoms with Gasteiger partial charge in [-0.05, 0) is 42.8 Å². The molecule has 0 aromatic heterocycles. The van der Waals surface area contributed by atoms with E-state index in [0.717, 1.165) is 5.56 Å². The summed E-state index contributed by atoms with van der Waals surface area (Å²) in [6.45, 7) is 1.79. The van der Waals surface area contributed by atoms with Crippen LogP contribution in [0.3, 0.4) is 0 Å². The van der Waals surface area contributed by atoms with E-state index in [9.17, 15) is 9.90 Å². The van der Waals surface area contributed by atoms with Crippen LogP contribution in [0.15, 0.2) is 53.6 Å². The molecule has 2 aromatic carbocycles. The maximum absolute atomic E-state index is 11.8. The number of nitrogens with two attached hydrogens (primary N) is 1. The fourth-order valence-corrected chi connectivity index (χ4v) is 1.64. The second-order valence-corrected chi connectivity index (χ2v) is 4.31. The Kier molecular flexibility index (Phi) is 4.00. The number of carbonyl (C=O) groups excluding carboxylic acids is 1. The van der Waals surface area contributed by atoms with Crippen LogP contribution in [0.1, 0.15) is 22.8 Å². The Morgan fingerprint density at radius 2 is 1.85 bits per heavy atom. The third-order valence-corrected chi connectivity index (χ3v) is 2.76. The molecule has 1 amide bonds. The molecular formula is C15H15N3O2. The molecule has 0 unspecified atom stereocenters. The molecule has 4 N–H and O–H groups in total. The van der Waals surface area contributed by atoms with Crippen molar-refractivity contribution in [1.29, 1.82) is 0 Å². The van der Waals surface area contributed by atoms with Gasteiger partial charge in [0.2, 0.25) is 0 Å². The van der Waals surface area contributed by atoms with E-state index in [1.54, 1.807) is 31.2 Å². The number of rotatable bonds is 3. The van der Waals surface area contributed by atoms with Gasteiger partial charge in [0.15, 0.2) is 0 Å². The van der Waals surface area contributed by atoms with E-state index in [1.807, 2.05) is 12.1 Å². The summed E-state index contributed by atoms with van der Waals surface area (Å²) in [5, 5.41) is 13.3. The molecule has 5 nitrogen and oxygen atoms in total. The Hall–Kier alpha value is -2.82. The van der Waals surface area contributed by atoms with Crippen LogP contribution >= 0.6 is 0 Å². The molecular weight excluding hydrogens is 254 g/mol. The lowest BCUT2D eigenvalue weighted by atomic mass is 10.1. The normalized spacial score (nSPS) is 11.2. The third kappa shape index (κ3) is 3.35. The smallest absolute Gasteiger partial charge is 0.271 e. The Morgan fingerprint density at radius 1 is 1.15 bits per heavy atom. The molecule has 5 heteroatoms. The fourth-order valence-electron chi connectivity index (χ4n) is 1.64. The summed E-state index contributed by atoms with van der Waals surface area (Å²) in [6.07, 6.45) is 0. The first-order chi connectivity index (χ1) is 9.56. The lowest BCUT2D eigenvalue weighted by Crippen LogP contribution is -2.19. The van der Waals surface area contributed by atoms with Crippen LogP contribution in [0.25, 0.3) is 0 Å². The van der Waals surface area contributed by atoms with E-state index >= 15 is 0 Å². The van der Waals surface area contributed by atoms with Gasteiger partial charge in [0, 0.05) is 11.3 Å². The van der Waals surface area contributed by atoms with Crippen LogP contribution < -0.4 is 11.2 Å². The van der Waals surface area contributed by atoms with Gasteiger partial charge in [0.25, 0.3) is 5.91 Å². The van der Waals surface area contributed by atoms with Crippen molar-refractivity contribution in [3.8, 4) is 5.75 Å². The van der Waals surface area contributed by atoms with Crippen molar-refractivity contribution in [3.05, 3.63) is 59.7 Å². The summed E-state index contributed by atoms with van der Waals surface area (Å²) in [4.78, 5) is 11.8. The predicted molar refractivity (Wildman–Crippen MR) is 78.6 cm³/mol. The first kappa shape index (κ1) is 13.6. The van der Waals surface area contributed by atoms with Gasteiger partial charge in [-0.3, -0.25) is 4.79 Å². The highest BCUT2D eigenvalue weighted by Crippen LogP contribution is 2.11. The van der Waals surface area contributed by atoms with Gasteiger partial charge in [0.1, 0.15) is 5.75 Å². The number of anilines is 1. The van der Waals surface area contributed by atoms with Gasteiger partial charge in [-0.2, -0.15) is 5.10 Å². The minimum Gasteiger partial charge on any atom is -0.508 e. The summed E-state index contributed by atoms with van der Waals surface area (Å²) in [5.41, 5.74) is 10.6. The number of hydrazone groups is 1. The highest BCUT2D eigenvalue weighted by atomic mass is 16.3. The van der Waals surface area contributed by atoms with Crippen molar-refractivity contribution in [3.63, 3.8) is 0 Å². The van der Waals surface area contributed by atoms with Gasteiger partial charge in [-0.15, -0.1) is 0 Å². The van der Waals surface area contributed by atoms with Gasteiger partial charge >= 0.3 is 0 Å². The number of phenolic OH excluding ortho intramolecular Hbond substituents is 1. The minimum atomic E-state index is -0.379. The van der Waals surface area contributed by atoms with Crippen molar-refractivity contribution in [2.24, 2.45) is 5.10 Å². The van der Waals surface area contributed by atoms with Crippen LogP contribution in [-0.2, 0) is 0 Å². The Bertz CT molecular complexity index is 648. The Balaban J connectivity index is 2.08. The number of nitrogens with one attached hydrogen (secondary N) is 1. The van der Waals surface area contributed by atoms with Gasteiger partial charge in [-0.1, -0.05) is 18.2 Å². The molecule has 0 aliphatic heterocycles. The highest BCUT2D eigenvalue weighted by molar-refractivity contribution is 6.01. The maximum Gasteiger partial charge on any atom is 0.271 e. The van der Waals surface area contributed by atoms with Crippen molar-refractivity contribution in [2.75, 3.05) is 5.73 Å². The number of hydrogen-bond donors (Lipinski definition) is 3. The number of benzene rings is 2. The third-order valence-electron chi connectivity index (χ3n) is 2.76. The van der Waals surface area contributed by atoms with Crippen molar-refractivity contribution in [1.82, 2.24) is 5.43 Å². The quantitative estimate of drug-likeness (QED) is 0.453. The van der Waals surface area contributed by atoms with E-state index in [-0.39, 0.29) is 11.7 Å². The summed E-state index contributed by atoms with van der Waals surface area (Å²) in [7, 11) is 0. The van der Waals surface area contributed by atoms with Crippen LogP contribution in [0, 0.1) is 0 Å². The van der Waals surface area contributed by atoms with Crippen LogP contribution in [0.5, 0.6) is 5.75 Å². The zero-order valence-electron chi connectivity index (χ0n) is 11.0. The molecule has 2 rings (SSSR count). The largest absolute Gasteiger partial charge is 0.508 e. The second kappa shape index (κ2) is 5.88. The van der Waals surface area contributed by atoms with Gasteiger partial charge in [0.05, 0.1) is 5.71 Å². The van der Waals surface area contributed by atoms with Crippen molar-refractivity contribution < 1.29 is 9.90 Å². The van der Waals surface area contributed by atoms with Crippen LogP contribution in [-0.4, -0.2) is 16.7 Å². The molecule has 0 saturated heterocycles. The lowest BCUT2D eigenvalue weighted by molar-refractivity contribution is 0.0954. The van der Waals surface area contributed by atoms with E-state index in [4.69, 9.17) is 5.73 Å². The van der Waals surface area contributed by atoms with Crippen molar-refractivity contribution >= 4 is 17.3 Å². The van der Waals surface area contributed by atoms with E-state index in [0.29, 0.717) is 17.0 Å². The average molecular weight is 269 g/mol. The van der Waals surface area contributed by atoms with E-state index in [1.165, 1.54) is 12.1 Å². The molecule has 0 atom stereocenters. The van der Waals surface area contributed by atoms with E-state index < -0.39 is 0 Å². The molecule has 0 heterocycles.